The van der Waals surface area contributed by atoms with E-state index in [1.807, 2.05) is 0 Å². The molecule has 1 amide bonds. The number of rotatable bonds is 3. The van der Waals surface area contributed by atoms with Crippen LogP contribution in [0.4, 0.5) is 4.39 Å². The molecule has 3 rings (SSSR count). The molecule has 0 spiro atoms. The monoisotopic (exact) mass is 351 g/mol. The van der Waals surface area contributed by atoms with Gasteiger partial charge in [-0.15, -0.1) is 0 Å². The molecule has 0 unspecified atom stereocenters. The Hall–Kier alpha value is -2.19. The maximum Gasteiger partial charge on any atom is 0.255 e. The van der Waals surface area contributed by atoms with E-state index in [4.69, 9.17) is 0 Å². The molecule has 0 radical (unpaired) electrons. The van der Waals surface area contributed by atoms with E-state index in [9.17, 15) is 17.6 Å². The third-order valence-electron chi connectivity index (χ3n) is 4.14. The quantitative estimate of drug-likeness (QED) is 0.913. The number of carbonyl (C=O) groups is 1. The molecular weight excluding hydrogens is 333 g/mol. The number of aryl methyl sites for hydroxylation is 1. The summed E-state index contributed by atoms with van der Waals surface area (Å²) in [5.74, 6) is -0.554. The van der Waals surface area contributed by atoms with Crippen LogP contribution in [-0.4, -0.2) is 54.7 Å². The van der Waals surface area contributed by atoms with Crippen molar-refractivity contribution in [3.05, 3.63) is 53.6 Å². The smallest absolute Gasteiger partial charge is 0.255 e. The van der Waals surface area contributed by atoms with Crippen LogP contribution in [0.2, 0.25) is 0 Å². The lowest BCUT2D eigenvalue weighted by Gasteiger charge is -2.34. The Labute approximate surface area is 139 Å². The van der Waals surface area contributed by atoms with Gasteiger partial charge in [-0.2, -0.15) is 4.31 Å². The van der Waals surface area contributed by atoms with Crippen LogP contribution in [0.1, 0.15) is 15.9 Å². The second kappa shape index (κ2) is 6.37. The second-order valence-corrected chi connectivity index (χ2v) is 7.64. The number of H-pyrrole nitrogens is 1. The van der Waals surface area contributed by atoms with Crippen molar-refractivity contribution < 1.29 is 17.6 Å². The first kappa shape index (κ1) is 16.7. The third kappa shape index (κ3) is 3.07. The minimum atomic E-state index is -3.68. The number of piperazine rings is 1. The Morgan fingerprint density at radius 3 is 2.46 bits per heavy atom. The minimum absolute atomic E-state index is 0.0758. The lowest BCUT2D eigenvalue weighted by molar-refractivity contribution is 0.0698. The zero-order chi connectivity index (χ0) is 17.3. The molecule has 128 valence electrons. The van der Waals surface area contributed by atoms with E-state index in [2.05, 4.69) is 4.98 Å². The summed E-state index contributed by atoms with van der Waals surface area (Å²) in [6.45, 7) is 2.61. The number of sulfonamides is 1. The average Bonchev–Trinajstić information content (AvgIpc) is 3.11. The molecule has 1 N–H and O–H groups in total. The first-order chi connectivity index (χ1) is 11.4. The maximum absolute atomic E-state index is 13.3. The second-order valence-electron chi connectivity index (χ2n) is 5.71. The summed E-state index contributed by atoms with van der Waals surface area (Å²) >= 11 is 0. The van der Waals surface area contributed by atoms with E-state index < -0.39 is 15.8 Å². The molecule has 1 aromatic heterocycles. The van der Waals surface area contributed by atoms with Crippen LogP contribution in [0.5, 0.6) is 0 Å². The standard InChI is InChI=1S/C16H18FN3O3S/c1-12-10-14(2-3-15(12)17)24(22,23)20-8-6-19(7-9-20)16(21)13-4-5-18-11-13/h2-5,10-11,18H,6-9H2,1H3. The molecule has 1 saturated heterocycles. The van der Waals surface area contributed by atoms with E-state index in [1.165, 1.54) is 23.4 Å². The molecule has 6 nitrogen and oxygen atoms in total. The van der Waals surface area contributed by atoms with Gasteiger partial charge in [-0.1, -0.05) is 0 Å². The zero-order valence-electron chi connectivity index (χ0n) is 13.2. The van der Waals surface area contributed by atoms with Crippen molar-refractivity contribution in [1.82, 2.24) is 14.2 Å². The summed E-state index contributed by atoms with van der Waals surface area (Å²) in [5, 5.41) is 0. The van der Waals surface area contributed by atoms with E-state index in [-0.39, 0.29) is 29.5 Å². The predicted octanol–water partition coefficient (Wildman–Crippen LogP) is 1.61. The van der Waals surface area contributed by atoms with Gasteiger partial charge in [0.05, 0.1) is 10.5 Å². The molecule has 24 heavy (non-hydrogen) atoms. The van der Waals surface area contributed by atoms with Crippen molar-refractivity contribution in [1.29, 1.82) is 0 Å². The van der Waals surface area contributed by atoms with Crippen LogP contribution in [0.15, 0.2) is 41.6 Å². The van der Waals surface area contributed by atoms with Crippen LogP contribution in [-0.2, 0) is 10.0 Å². The molecule has 1 aliphatic heterocycles. The lowest BCUT2D eigenvalue weighted by atomic mass is 10.2. The van der Waals surface area contributed by atoms with Gasteiger partial charge in [-0.3, -0.25) is 4.79 Å². The van der Waals surface area contributed by atoms with Crippen LogP contribution < -0.4 is 0 Å². The summed E-state index contributed by atoms with van der Waals surface area (Å²) in [6, 6.07) is 5.46. The van der Waals surface area contributed by atoms with Gasteiger partial charge in [0, 0.05) is 38.6 Å². The van der Waals surface area contributed by atoms with Crippen molar-refractivity contribution in [3.63, 3.8) is 0 Å². The topological polar surface area (TPSA) is 73.5 Å². The van der Waals surface area contributed by atoms with Crippen molar-refractivity contribution in [2.45, 2.75) is 11.8 Å². The fourth-order valence-electron chi connectivity index (χ4n) is 2.70. The molecule has 2 heterocycles. The highest BCUT2D eigenvalue weighted by Gasteiger charge is 2.30. The number of aromatic nitrogens is 1. The molecule has 0 aliphatic carbocycles. The zero-order valence-corrected chi connectivity index (χ0v) is 14.0. The maximum atomic E-state index is 13.3. The van der Waals surface area contributed by atoms with Crippen LogP contribution in [0.25, 0.3) is 0 Å². The first-order valence-electron chi connectivity index (χ1n) is 7.58. The fraction of sp³-hybridized carbons (Fsp3) is 0.312. The molecular formula is C16H18FN3O3S. The van der Waals surface area contributed by atoms with Crippen molar-refractivity contribution in [2.24, 2.45) is 0 Å². The van der Waals surface area contributed by atoms with Gasteiger partial charge in [0.1, 0.15) is 5.82 Å². The Kier molecular flexibility index (Phi) is 4.42. The average molecular weight is 351 g/mol. The Bertz CT molecular complexity index is 841. The van der Waals surface area contributed by atoms with E-state index in [0.717, 1.165) is 6.07 Å². The van der Waals surface area contributed by atoms with Gasteiger partial charge in [-0.25, -0.2) is 12.8 Å². The van der Waals surface area contributed by atoms with E-state index in [0.29, 0.717) is 18.7 Å². The first-order valence-corrected chi connectivity index (χ1v) is 9.02. The summed E-state index contributed by atoms with van der Waals surface area (Å²) in [4.78, 5) is 16.8. The molecule has 0 atom stereocenters. The summed E-state index contributed by atoms with van der Waals surface area (Å²) in [6.07, 6.45) is 3.29. The van der Waals surface area contributed by atoms with Gasteiger partial charge in [0.2, 0.25) is 10.0 Å². The molecule has 0 saturated carbocycles. The van der Waals surface area contributed by atoms with Gasteiger partial charge in [0.15, 0.2) is 0 Å². The van der Waals surface area contributed by atoms with Crippen molar-refractivity contribution in [2.75, 3.05) is 26.2 Å². The lowest BCUT2D eigenvalue weighted by Crippen LogP contribution is -2.50. The highest BCUT2D eigenvalue weighted by Crippen LogP contribution is 2.20. The fourth-order valence-corrected chi connectivity index (χ4v) is 4.21. The molecule has 0 bridgehead atoms. The van der Waals surface area contributed by atoms with E-state index in [1.54, 1.807) is 23.4 Å². The van der Waals surface area contributed by atoms with Gasteiger partial charge >= 0.3 is 0 Å². The molecule has 2 aromatic rings. The van der Waals surface area contributed by atoms with Gasteiger partial charge in [-0.05, 0) is 36.8 Å². The Balaban J connectivity index is 1.71. The van der Waals surface area contributed by atoms with E-state index >= 15 is 0 Å². The van der Waals surface area contributed by atoms with Crippen LogP contribution in [0.3, 0.4) is 0 Å². The summed E-state index contributed by atoms with van der Waals surface area (Å²) in [7, 11) is -3.68. The number of aromatic amines is 1. The van der Waals surface area contributed by atoms with Crippen molar-refractivity contribution >= 4 is 15.9 Å². The highest BCUT2D eigenvalue weighted by atomic mass is 32.2. The molecule has 1 aliphatic rings. The summed E-state index contributed by atoms with van der Waals surface area (Å²) in [5.41, 5.74) is 0.845. The minimum Gasteiger partial charge on any atom is -0.367 e. The number of carbonyl (C=O) groups excluding carboxylic acids is 1. The van der Waals surface area contributed by atoms with Crippen LogP contribution in [0, 0.1) is 12.7 Å². The number of benzene rings is 1. The highest BCUT2D eigenvalue weighted by molar-refractivity contribution is 7.89. The number of amides is 1. The molecule has 1 fully saturated rings. The SMILES string of the molecule is Cc1cc(S(=O)(=O)N2CCN(C(=O)c3cc[nH]c3)CC2)ccc1F. The number of nitrogens with one attached hydrogen (secondary N) is 1. The Morgan fingerprint density at radius 2 is 1.88 bits per heavy atom. The normalized spacial score (nSPS) is 16.3. The number of nitrogens with zero attached hydrogens (tertiary/aromatic N) is 2. The Morgan fingerprint density at radius 1 is 1.17 bits per heavy atom. The van der Waals surface area contributed by atoms with Crippen LogP contribution >= 0.6 is 0 Å². The molecule has 1 aromatic carbocycles. The predicted molar refractivity (Wildman–Crippen MR) is 86.6 cm³/mol. The van der Waals surface area contributed by atoms with Crippen molar-refractivity contribution in [3.8, 4) is 0 Å². The third-order valence-corrected chi connectivity index (χ3v) is 6.03. The number of halogens is 1. The largest absolute Gasteiger partial charge is 0.367 e. The molecule has 8 heteroatoms. The number of hydrogen-bond acceptors (Lipinski definition) is 3. The number of hydrogen-bond donors (Lipinski definition) is 1. The summed E-state index contributed by atoms with van der Waals surface area (Å²) < 4.78 is 40.0. The van der Waals surface area contributed by atoms with Gasteiger partial charge < -0.3 is 9.88 Å². The van der Waals surface area contributed by atoms with Gasteiger partial charge in [0.25, 0.3) is 5.91 Å².